The van der Waals surface area contributed by atoms with E-state index in [9.17, 15) is 43.1 Å². The standard InChI is InChI=1S/C43H77N8O17P/c1-30(2)25-34(42(56)48-35(26-33-27-45-29-46-33)41(55)47-32(4)40(54)50-38(39(44)53)31(3)28-69(58,59)60)49-43(57)36-7-6-9-51(36)37(52)8-10-62-13-14-64-17-18-66-21-22-68-24-23-67-20-19-65-16-15-63-12-11-61-5/h27,29-32,34-36,38H,6-26,28H2,1-5H3,(H2,44,53)(H,45,46)(H,47,55)(H,48,56)(H,49,57)(H,50,54)(H2,58,59,60). The van der Waals surface area contributed by atoms with Crippen LogP contribution in [0.15, 0.2) is 12.5 Å². The minimum Gasteiger partial charge on any atom is -0.382 e. The number of hydrogen-bond donors (Lipinski definition) is 8. The van der Waals surface area contributed by atoms with Gasteiger partial charge in [0.2, 0.25) is 35.4 Å². The molecule has 0 aromatic carbocycles. The van der Waals surface area contributed by atoms with Gasteiger partial charge in [-0.3, -0.25) is 33.3 Å². The SMILES string of the molecule is COCCOCCOCCOCCOCCOCCOCCOCCC(=O)N1CCCC1C(=O)NC(CC(C)C)C(=O)NC(Cc1cnc[nH]1)C(=O)NC(C)C(=O)NC(C(N)=O)C(C)CP(=O)(O)O. The van der Waals surface area contributed by atoms with E-state index in [0.717, 1.165) is 0 Å². The first kappa shape index (κ1) is 61.0. The largest absolute Gasteiger partial charge is 0.382 e. The highest BCUT2D eigenvalue weighted by molar-refractivity contribution is 7.51. The second kappa shape index (κ2) is 35.0. The highest BCUT2D eigenvalue weighted by Gasteiger charge is 2.37. The van der Waals surface area contributed by atoms with Crippen LogP contribution in [0, 0.1) is 11.8 Å². The number of likely N-dealkylation sites (tertiary alicyclic amines) is 1. The smallest absolute Gasteiger partial charge is 0.325 e. The minimum atomic E-state index is -4.56. The van der Waals surface area contributed by atoms with Crippen molar-refractivity contribution in [3.05, 3.63) is 18.2 Å². The van der Waals surface area contributed by atoms with Crippen molar-refractivity contribution in [1.82, 2.24) is 36.1 Å². The van der Waals surface area contributed by atoms with Gasteiger partial charge in [-0.05, 0) is 38.0 Å². The molecular weight excluding hydrogens is 931 g/mol. The quantitative estimate of drug-likeness (QED) is 0.0271. The number of amides is 6. The summed E-state index contributed by atoms with van der Waals surface area (Å²) in [6, 6.07) is -5.96. The predicted molar refractivity (Wildman–Crippen MR) is 247 cm³/mol. The zero-order valence-electron chi connectivity index (χ0n) is 40.7. The number of nitrogens with zero attached hydrogens (tertiary/aromatic N) is 2. The summed E-state index contributed by atoms with van der Waals surface area (Å²) in [5, 5.41) is 10.3. The Kier molecular flexibility index (Phi) is 31.0. The molecule has 1 saturated heterocycles. The molecule has 69 heavy (non-hydrogen) atoms. The van der Waals surface area contributed by atoms with E-state index in [-0.39, 0.29) is 44.3 Å². The molecule has 1 aromatic heterocycles. The first-order valence-corrected chi connectivity index (χ1v) is 25.1. The van der Waals surface area contributed by atoms with Crippen LogP contribution in [-0.4, -0.2) is 209 Å². The van der Waals surface area contributed by atoms with Gasteiger partial charge < -0.3 is 84.6 Å². The molecule has 1 aliphatic heterocycles. The van der Waals surface area contributed by atoms with Crippen molar-refractivity contribution in [3.8, 4) is 0 Å². The molecule has 0 spiro atoms. The van der Waals surface area contributed by atoms with Crippen molar-refractivity contribution in [2.75, 3.05) is 119 Å². The van der Waals surface area contributed by atoms with Crippen LogP contribution in [-0.2, 0) is 77.6 Å². The van der Waals surface area contributed by atoms with Crippen LogP contribution in [0.5, 0.6) is 0 Å². The number of hydrogen-bond acceptors (Lipinski definition) is 16. The van der Waals surface area contributed by atoms with Gasteiger partial charge in [0.1, 0.15) is 30.2 Å². The number of H-pyrrole nitrogens is 1. The Labute approximate surface area is 404 Å². The molecule has 9 N–H and O–H groups in total. The number of carbonyl (C=O) groups is 6. The molecule has 26 heteroatoms. The summed E-state index contributed by atoms with van der Waals surface area (Å²) in [6.07, 6.45) is 3.19. The first-order chi connectivity index (χ1) is 32.9. The number of primary amides is 1. The average molecular weight is 1010 g/mol. The average Bonchev–Trinajstić information content (AvgIpc) is 4.00. The van der Waals surface area contributed by atoms with Crippen molar-refractivity contribution < 1.29 is 81.0 Å². The predicted octanol–water partition coefficient (Wildman–Crippen LogP) is -1.60. The number of methoxy groups -OCH3 is 1. The maximum Gasteiger partial charge on any atom is 0.325 e. The van der Waals surface area contributed by atoms with Gasteiger partial charge in [-0.1, -0.05) is 20.8 Å². The van der Waals surface area contributed by atoms with E-state index in [4.69, 9.17) is 43.6 Å². The van der Waals surface area contributed by atoms with E-state index in [0.29, 0.717) is 111 Å². The lowest BCUT2D eigenvalue weighted by Crippen LogP contribution is -2.59. The summed E-state index contributed by atoms with van der Waals surface area (Å²) < 4.78 is 54.7. The van der Waals surface area contributed by atoms with Gasteiger partial charge in [-0.25, -0.2) is 4.98 Å². The minimum absolute atomic E-state index is 0.0309. The van der Waals surface area contributed by atoms with Gasteiger partial charge in [0.05, 0.1) is 118 Å². The molecule has 0 bridgehead atoms. The fourth-order valence-corrected chi connectivity index (χ4v) is 7.87. The lowest BCUT2D eigenvalue weighted by Gasteiger charge is -2.28. The number of ether oxygens (including phenoxy) is 8. The normalized spacial score (nSPS) is 16.1. The Morgan fingerprint density at radius 2 is 1.25 bits per heavy atom. The van der Waals surface area contributed by atoms with E-state index in [1.807, 2.05) is 13.8 Å². The number of nitrogens with one attached hydrogen (secondary N) is 5. The second-order valence-corrected chi connectivity index (χ2v) is 18.4. The monoisotopic (exact) mass is 1010 g/mol. The van der Waals surface area contributed by atoms with Crippen LogP contribution in [0.4, 0.5) is 0 Å². The zero-order chi connectivity index (χ0) is 51.0. The number of nitrogens with two attached hydrogens (primary N) is 1. The van der Waals surface area contributed by atoms with Gasteiger partial charge in [0.25, 0.3) is 0 Å². The highest BCUT2D eigenvalue weighted by Crippen LogP contribution is 2.37. The third-order valence-corrected chi connectivity index (χ3v) is 11.5. The maximum absolute atomic E-state index is 13.9. The number of imidazole rings is 1. The molecule has 1 aliphatic rings. The summed E-state index contributed by atoms with van der Waals surface area (Å²) in [5.74, 6) is -5.31. The number of aromatic amines is 1. The van der Waals surface area contributed by atoms with Crippen LogP contribution >= 0.6 is 7.60 Å². The Morgan fingerprint density at radius 3 is 1.71 bits per heavy atom. The molecule has 0 saturated carbocycles. The van der Waals surface area contributed by atoms with E-state index in [1.165, 1.54) is 31.3 Å². The van der Waals surface area contributed by atoms with Crippen molar-refractivity contribution in [3.63, 3.8) is 0 Å². The molecule has 0 radical (unpaired) electrons. The molecule has 0 aliphatic carbocycles. The van der Waals surface area contributed by atoms with Crippen molar-refractivity contribution in [2.45, 2.75) is 90.0 Å². The Balaban J connectivity index is 1.77. The van der Waals surface area contributed by atoms with E-state index < -0.39 is 79.4 Å². The van der Waals surface area contributed by atoms with E-state index in [1.54, 1.807) is 7.11 Å². The second-order valence-electron chi connectivity index (χ2n) is 16.8. The summed E-state index contributed by atoms with van der Waals surface area (Å²) in [5.41, 5.74) is 5.86. The fraction of sp³-hybridized carbons (Fsp3) is 0.791. The van der Waals surface area contributed by atoms with Crippen LogP contribution in [0.2, 0.25) is 0 Å². The summed E-state index contributed by atoms with van der Waals surface area (Å²) >= 11 is 0. The van der Waals surface area contributed by atoms with Gasteiger partial charge in [-0.2, -0.15) is 0 Å². The number of rotatable bonds is 40. The lowest BCUT2D eigenvalue weighted by atomic mass is 10.0. The number of aromatic nitrogens is 2. The molecule has 2 heterocycles. The summed E-state index contributed by atoms with van der Waals surface area (Å²) in [6.45, 7) is 12.9. The molecule has 2 rings (SSSR count). The maximum atomic E-state index is 13.9. The van der Waals surface area contributed by atoms with Gasteiger partial charge >= 0.3 is 7.60 Å². The molecule has 396 valence electrons. The van der Waals surface area contributed by atoms with E-state index in [2.05, 4.69) is 31.2 Å². The molecule has 1 aromatic rings. The van der Waals surface area contributed by atoms with Gasteiger partial charge in [0.15, 0.2) is 0 Å². The molecule has 6 atom stereocenters. The van der Waals surface area contributed by atoms with Crippen molar-refractivity contribution >= 4 is 43.0 Å². The Morgan fingerprint density at radius 1 is 0.739 bits per heavy atom. The van der Waals surface area contributed by atoms with Gasteiger partial charge in [-0.15, -0.1) is 0 Å². The molecule has 6 unspecified atom stereocenters. The summed E-state index contributed by atoms with van der Waals surface area (Å²) in [4.78, 5) is 107. The first-order valence-electron chi connectivity index (χ1n) is 23.3. The number of carbonyl (C=O) groups excluding carboxylic acids is 6. The third kappa shape index (κ3) is 27.2. The van der Waals surface area contributed by atoms with Crippen molar-refractivity contribution in [1.29, 1.82) is 0 Å². The van der Waals surface area contributed by atoms with Crippen LogP contribution < -0.4 is 27.0 Å². The van der Waals surface area contributed by atoms with E-state index >= 15 is 0 Å². The summed E-state index contributed by atoms with van der Waals surface area (Å²) in [7, 11) is -2.94. The molecule has 25 nitrogen and oxygen atoms in total. The van der Waals surface area contributed by atoms with Crippen molar-refractivity contribution in [2.24, 2.45) is 17.6 Å². The Hall–Kier alpha value is -4.14. The van der Waals surface area contributed by atoms with Gasteiger partial charge in [0, 0.05) is 32.0 Å². The van der Waals surface area contributed by atoms with Crippen LogP contribution in [0.3, 0.4) is 0 Å². The third-order valence-electron chi connectivity index (χ3n) is 10.4. The highest BCUT2D eigenvalue weighted by atomic mass is 31.2. The molecule has 6 amide bonds. The fourth-order valence-electron chi connectivity index (χ4n) is 6.91. The Bertz CT molecular complexity index is 1690. The molecule has 1 fully saturated rings. The molecular formula is C43H77N8O17P. The van der Waals surface area contributed by atoms with Crippen LogP contribution in [0.25, 0.3) is 0 Å². The lowest BCUT2D eigenvalue weighted by molar-refractivity contribution is -0.140. The topological polar surface area (TPSA) is 340 Å². The zero-order valence-corrected chi connectivity index (χ0v) is 41.6. The van der Waals surface area contributed by atoms with Crippen LogP contribution in [0.1, 0.15) is 59.1 Å².